The van der Waals surface area contributed by atoms with E-state index in [1.807, 2.05) is 55.4 Å². The lowest BCUT2D eigenvalue weighted by atomic mass is 9.46. The van der Waals surface area contributed by atoms with Crippen molar-refractivity contribution in [2.45, 2.75) is 216 Å². The molecule has 6 bridgehead atoms. The van der Waals surface area contributed by atoms with Gasteiger partial charge in [0.2, 0.25) is 0 Å². The van der Waals surface area contributed by atoms with Crippen molar-refractivity contribution in [3.8, 4) is 0 Å². The Kier molecular flexibility index (Phi) is 13.0. The molecular formula is C47H78O8. The summed E-state index contributed by atoms with van der Waals surface area (Å²) in [5.41, 5.74) is -1.36. The molecule has 1 heterocycles. The van der Waals surface area contributed by atoms with Gasteiger partial charge in [0.05, 0.1) is 22.2 Å². The van der Waals surface area contributed by atoms with Crippen molar-refractivity contribution < 1.29 is 38.1 Å². The second kappa shape index (κ2) is 16.3. The van der Waals surface area contributed by atoms with E-state index in [-0.39, 0.29) is 69.5 Å². The molecule has 0 aromatic heterocycles. The zero-order valence-electron chi connectivity index (χ0n) is 36.9. The van der Waals surface area contributed by atoms with Crippen LogP contribution >= 0.6 is 0 Å². The molecular weight excluding hydrogens is 693 g/mol. The van der Waals surface area contributed by atoms with Crippen LogP contribution in [-0.4, -0.2) is 47.3 Å². The maximum Gasteiger partial charge on any atom is 0.312 e. The maximum absolute atomic E-state index is 12.6. The third-order valence-corrected chi connectivity index (χ3v) is 16.3. The van der Waals surface area contributed by atoms with E-state index in [4.69, 9.17) is 18.9 Å². The minimum absolute atomic E-state index is 0.00857. The predicted molar refractivity (Wildman–Crippen MR) is 215 cm³/mol. The minimum atomic E-state index is -0.455. The number of rotatable bonds is 11. The third-order valence-electron chi connectivity index (χ3n) is 16.3. The summed E-state index contributed by atoms with van der Waals surface area (Å²) < 4.78 is 23.0. The van der Waals surface area contributed by atoms with Crippen LogP contribution in [0.15, 0.2) is 0 Å². The molecule has 7 aliphatic carbocycles. The SMILES string of the molecule is CCC(C)(C)C(=O)OC(C)(C)C12CC3CC(CC(C3)C1)C2.CCC(C)(C)C(=O)OC1C2CC3C(=O)OC1C3C2.CCC1(OC(=O)C(C)(C)CC)CCCCC1. The number of carbonyl (C=O) groups is 4. The summed E-state index contributed by atoms with van der Waals surface area (Å²) in [5, 5.41) is 0. The largest absolute Gasteiger partial charge is 0.459 e. The molecule has 8 aliphatic rings. The summed E-state index contributed by atoms with van der Waals surface area (Å²) >= 11 is 0. The number of carbonyl (C=O) groups excluding carboxylic acids is 4. The van der Waals surface area contributed by atoms with Gasteiger partial charge in [-0.05, 0) is 176 Å². The van der Waals surface area contributed by atoms with Crippen LogP contribution in [0.5, 0.6) is 0 Å². The highest BCUT2D eigenvalue weighted by atomic mass is 16.6. The standard InChI is InChI=1S/C19H32O2.C14H20O4.C14H26O2/c1-6-17(2,3)16(20)21-18(4,5)19-10-13-7-14(11-19)9-15(8-13)12-19;1-4-14(2,3)13(16)18-10-7-5-8-9(6-7)12(15)17-11(8)10;1-5-13(3,4)12(15)16-14(6-2)10-8-7-9-11-14/h13-15H,6-12H2,1-5H3;7-11H,4-6H2,1-3H3;5-11H2,1-4H3. The fourth-order valence-corrected chi connectivity index (χ4v) is 11.2. The molecule has 0 aromatic carbocycles. The molecule has 8 rings (SSSR count). The Labute approximate surface area is 334 Å². The van der Waals surface area contributed by atoms with Crippen LogP contribution in [0, 0.1) is 57.2 Å². The van der Waals surface area contributed by atoms with Crippen LogP contribution in [0.25, 0.3) is 0 Å². The Balaban J connectivity index is 0.000000160. The number of hydrogen-bond acceptors (Lipinski definition) is 8. The molecule has 8 nitrogen and oxygen atoms in total. The predicted octanol–water partition coefficient (Wildman–Crippen LogP) is 11.0. The Morgan fingerprint density at radius 2 is 1.16 bits per heavy atom. The maximum atomic E-state index is 12.6. The molecule has 8 fully saturated rings. The average Bonchev–Trinajstić information content (AvgIpc) is 3.77. The first kappa shape index (κ1) is 44.0. The van der Waals surface area contributed by atoms with Gasteiger partial charge in [-0.15, -0.1) is 0 Å². The Bertz CT molecular complexity index is 1360. The van der Waals surface area contributed by atoms with Crippen LogP contribution in [0.4, 0.5) is 0 Å². The molecule has 0 radical (unpaired) electrons. The van der Waals surface area contributed by atoms with Crippen molar-refractivity contribution in [2.24, 2.45) is 57.2 Å². The molecule has 1 aliphatic heterocycles. The lowest BCUT2D eigenvalue weighted by Gasteiger charge is -2.61. The first-order valence-electron chi connectivity index (χ1n) is 22.5. The third kappa shape index (κ3) is 8.98. The van der Waals surface area contributed by atoms with Crippen LogP contribution in [-0.2, 0) is 38.1 Å². The summed E-state index contributed by atoms with van der Waals surface area (Å²) in [5.74, 6) is 3.12. The molecule has 0 N–H and O–H groups in total. The highest BCUT2D eigenvalue weighted by Crippen LogP contribution is 2.64. The van der Waals surface area contributed by atoms with E-state index in [0.29, 0.717) is 11.8 Å². The van der Waals surface area contributed by atoms with Crippen LogP contribution in [0.3, 0.4) is 0 Å². The fraction of sp³-hybridized carbons (Fsp3) is 0.915. The second-order valence-electron chi connectivity index (χ2n) is 21.6. The highest BCUT2D eigenvalue weighted by molar-refractivity contribution is 5.79. The first-order valence-corrected chi connectivity index (χ1v) is 22.5. The lowest BCUT2D eigenvalue weighted by Crippen LogP contribution is -2.58. The molecule has 55 heavy (non-hydrogen) atoms. The van der Waals surface area contributed by atoms with Gasteiger partial charge in [0.1, 0.15) is 23.4 Å². The molecule has 5 unspecified atom stereocenters. The van der Waals surface area contributed by atoms with Crippen LogP contribution in [0.1, 0.15) is 192 Å². The zero-order chi connectivity index (χ0) is 40.8. The van der Waals surface area contributed by atoms with Crippen molar-refractivity contribution in [1.29, 1.82) is 0 Å². The first-order chi connectivity index (χ1) is 25.6. The normalized spacial score (nSPS) is 34.1. The van der Waals surface area contributed by atoms with Gasteiger partial charge in [-0.3, -0.25) is 19.2 Å². The van der Waals surface area contributed by atoms with Gasteiger partial charge in [-0.25, -0.2) is 0 Å². The number of ether oxygens (including phenoxy) is 4. The van der Waals surface area contributed by atoms with E-state index in [9.17, 15) is 19.2 Å². The summed E-state index contributed by atoms with van der Waals surface area (Å²) in [6, 6.07) is 0. The van der Waals surface area contributed by atoms with Gasteiger partial charge in [0.15, 0.2) is 0 Å². The van der Waals surface area contributed by atoms with Gasteiger partial charge in [-0.2, -0.15) is 0 Å². The van der Waals surface area contributed by atoms with Gasteiger partial charge in [-0.1, -0.05) is 34.1 Å². The Hall–Kier alpha value is -2.12. The molecule has 0 spiro atoms. The summed E-state index contributed by atoms with van der Waals surface area (Å²) in [4.78, 5) is 48.4. The van der Waals surface area contributed by atoms with E-state index in [1.165, 1.54) is 57.8 Å². The lowest BCUT2D eigenvalue weighted by molar-refractivity contribution is -0.206. The van der Waals surface area contributed by atoms with Gasteiger partial charge < -0.3 is 18.9 Å². The van der Waals surface area contributed by atoms with Gasteiger partial charge in [0, 0.05) is 17.3 Å². The Morgan fingerprint density at radius 3 is 1.65 bits per heavy atom. The second-order valence-corrected chi connectivity index (χ2v) is 21.6. The number of fused-ring (bicyclic) bond motifs is 1. The molecule has 5 atom stereocenters. The summed E-state index contributed by atoms with van der Waals surface area (Å²) in [7, 11) is 0. The van der Waals surface area contributed by atoms with Crippen molar-refractivity contribution in [1.82, 2.24) is 0 Å². The van der Waals surface area contributed by atoms with E-state index < -0.39 is 5.41 Å². The highest BCUT2D eigenvalue weighted by Gasteiger charge is 2.64. The molecule has 0 amide bonds. The van der Waals surface area contributed by atoms with Crippen LogP contribution in [0.2, 0.25) is 0 Å². The van der Waals surface area contributed by atoms with Crippen molar-refractivity contribution >= 4 is 23.9 Å². The van der Waals surface area contributed by atoms with Crippen molar-refractivity contribution in [3.63, 3.8) is 0 Å². The molecule has 7 saturated carbocycles. The quantitative estimate of drug-likeness (QED) is 0.151. The average molecular weight is 771 g/mol. The molecule has 314 valence electrons. The summed E-state index contributed by atoms with van der Waals surface area (Å²) in [6.07, 6.45) is 18.8. The zero-order valence-corrected chi connectivity index (χ0v) is 36.9. The van der Waals surface area contributed by atoms with E-state index in [1.54, 1.807) is 0 Å². The van der Waals surface area contributed by atoms with Gasteiger partial charge >= 0.3 is 23.9 Å². The van der Waals surface area contributed by atoms with E-state index in [0.717, 1.165) is 69.1 Å². The van der Waals surface area contributed by atoms with E-state index in [2.05, 4.69) is 27.7 Å². The molecule has 0 aromatic rings. The summed E-state index contributed by atoms with van der Waals surface area (Å²) in [6.45, 7) is 24.3. The monoisotopic (exact) mass is 771 g/mol. The fourth-order valence-electron chi connectivity index (χ4n) is 11.2. The molecule has 1 saturated heterocycles. The smallest absolute Gasteiger partial charge is 0.312 e. The van der Waals surface area contributed by atoms with Gasteiger partial charge in [0.25, 0.3) is 0 Å². The minimum Gasteiger partial charge on any atom is -0.459 e. The van der Waals surface area contributed by atoms with Crippen LogP contribution < -0.4 is 0 Å². The topological polar surface area (TPSA) is 105 Å². The van der Waals surface area contributed by atoms with Crippen molar-refractivity contribution in [3.05, 3.63) is 0 Å². The Morgan fingerprint density at radius 1 is 0.673 bits per heavy atom. The number of esters is 4. The van der Waals surface area contributed by atoms with E-state index >= 15 is 0 Å². The van der Waals surface area contributed by atoms with Crippen molar-refractivity contribution in [2.75, 3.05) is 0 Å². The number of hydrogen-bond donors (Lipinski definition) is 0. The molecule has 8 heteroatoms.